The average Bonchev–Trinajstić information content (AvgIpc) is 2.65. The summed E-state index contributed by atoms with van der Waals surface area (Å²) in [6.45, 7) is 0. The van der Waals surface area contributed by atoms with Gasteiger partial charge in [-0.15, -0.1) is 0 Å². The quantitative estimate of drug-likeness (QED) is 0.687. The van der Waals surface area contributed by atoms with Crippen LogP contribution in [0.2, 0.25) is 10.0 Å². The molecular formula is C20H15Cl2NO2. The van der Waals surface area contributed by atoms with E-state index in [0.717, 1.165) is 0 Å². The van der Waals surface area contributed by atoms with Gasteiger partial charge in [0.2, 0.25) is 0 Å². The highest BCUT2D eigenvalue weighted by Gasteiger charge is 2.39. The summed E-state index contributed by atoms with van der Waals surface area (Å²) in [6, 6.07) is 22.3. The summed E-state index contributed by atoms with van der Waals surface area (Å²) >= 11 is 11.9. The van der Waals surface area contributed by atoms with Crippen LogP contribution in [-0.2, 0) is 10.4 Å². The van der Waals surface area contributed by atoms with E-state index in [0.29, 0.717) is 26.9 Å². The Balaban J connectivity index is 2.02. The van der Waals surface area contributed by atoms with Crippen molar-refractivity contribution in [2.75, 3.05) is 5.32 Å². The molecule has 1 amide bonds. The van der Waals surface area contributed by atoms with E-state index in [1.807, 2.05) is 12.1 Å². The van der Waals surface area contributed by atoms with Crippen molar-refractivity contribution in [1.82, 2.24) is 0 Å². The first-order chi connectivity index (χ1) is 12.0. The second-order valence-corrected chi connectivity index (χ2v) is 6.34. The van der Waals surface area contributed by atoms with Crippen molar-refractivity contribution in [3.8, 4) is 0 Å². The zero-order chi connectivity index (χ0) is 17.9. The zero-order valence-corrected chi connectivity index (χ0v) is 14.6. The van der Waals surface area contributed by atoms with Crippen LogP contribution in [0.5, 0.6) is 0 Å². The van der Waals surface area contributed by atoms with Gasteiger partial charge in [-0.25, -0.2) is 0 Å². The SMILES string of the molecule is O=C(Nc1ccc(Cl)c(Cl)c1)C(O)(c1ccccc1)c1ccccc1. The number of amides is 1. The van der Waals surface area contributed by atoms with Gasteiger partial charge in [-0.1, -0.05) is 83.9 Å². The number of nitrogens with one attached hydrogen (secondary N) is 1. The maximum atomic E-state index is 13.0. The molecule has 0 radical (unpaired) electrons. The summed E-state index contributed by atoms with van der Waals surface area (Å²) in [7, 11) is 0. The summed E-state index contributed by atoms with van der Waals surface area (Å²) in [5.74, 6) is -0.580. The van der Waals surface area contributed by atoms with Crippen molar-refractivity contribution in [3.63, 3.8) is 0 Å². The normalized spacial score (nSPS) is 11.2. The number of anilines is 1. The van der Waals surface area contributed by atoms with E-state index in [9.17, 15) is 9.90 Å². The molecule has 0 bridgehead atoms. The molecule has 0 fully saturated rings. The van der Waals surface area contributed by atoms with Crippen molar-refractivity contribution >= 4 is 34.8 Å². The molecule has 3 rings (SSSR count). The van der Waals surface area contributed by atoms with E-state index < -0.39 is 11.5 Å². The number of carbonyl (C=O) groups is 1. The molecule has 25 heavy (non-hydrogen) atoms. The highest BCUT2D eigenvalue weighted by molar-refractivity contribution is 6.42. The molecule has 0 saturated carbocycles. The Bertz CT molecular complexity index is 843. The van der Waals surface area contributed by atoms with Crippen molar-refractivity contribution in [2.45, 2.75) is 5.60 Å². The second kappa shape index (κ2) is 7.28. The molecule has 3 aromatic rings. The Hall–Kier alpha value is -2.33. The fourth-order valence-corrected chi connectivity index (χ4v) is 2.88. The molecule has 0 aliphatic carbocycles. The molecular weight excluding hydrogens is 357 g/mol. The standard InChI is InChI=1S/C20H15Cl2NO2/c21-17-12-11-16(13-18(17)22)23-19(24)20(25,14-7-3-1-4-8-14)15-9-5-2-6-10-15/h1-13,25H,(H,23,24). The van der Waals surface area contributed by atoms with Crippen molar-refractivity contribution in [3.05, 3.63) is 100 Å². The van der Waals surface area contributed by atoms with E-state index in [4.69, 9.17) is 23.2 Å². The van der Waals surface area contributed by atoms with Crippen LogP contribution in [-0.4, -0.2) is 11.0 Å². The Kier molecular flexibility index (Phi) is 5.09. The van der Waals surface area contributed by atoms with Crippen LogP contribution in [0.15, 0.2) is 78.9 Å². The van der Waals surface area contributed by atoms with Gasteiger partial charge in [0.05, 0.1) is 10.0 Å². The van der Waals surface area contributed by atoms with E-state index in [1.54, 1.807) is 60.7 Å². The van der Waals surface area contributed by atoms with Gasteiger partial charge >= 0.3 is 0 Å². The Labute approximate surface area is 155 Å². The minimum atomic E-state index is -1.84. The lowest BCUT2D eigenvalue weighted by Crippen LogP contribution is -2.41. The molecule has 0 aliphatic rings. The molecule has 126 valence electrons. The van der Waals surface area contributed by atoms with E-state index in [-0.39, 0.29) is 0 Å². The topological polar surface area (TPSA) is 49.3 Å². The van der Waals surface area contributed by atoms with Crippen LogP contribution < -0.4 is 5.32 Å². The van der Waals surface area contributed by atoms with Gasteiger partial charge in [-0.05, 0) is 29.3 Å². The summed E-state index contributed by atoms with van der Waals surface area (Å²) in [4.78, 5) is 13.0. The van der Waals surface area contributed by atoms with E-state index >= 15 is 0 Å². The number of rotatable bonds is 4. The lowest BCUT2D eigenvalue weighted by molar-refractivity contribution is -0.131. The number of hydrogen-bond acceptors (Lipinski definition) is 2. The van der Waals surface area contributed by atoms with Crippen LogP contribution in [0.1, 0.15) is 11.1 Å². The summed E-state index contributed by atoms with van der Waals surface area (Å²) in [5, 5.41) is 14.8. The molecule has 0 unspecified atom stereocenters. The van der Waals surface area contributed by atoms with Gasteiger partial charge in [-0.2, -0.15) is 0 Å². The predicted molar refractivity (Wildman–Crippen MR) is 101 cm³/mol. The first-order valence-corrected chi connectivity index (χ1v) is 8.37. The van der Waals surface area contributed by atoms with Gasteiger partial charge < -0.3 is 10.4 Å². The molecule has 5 heteroatoms. The maximum Gasteiger partial charge on any atom is 0.265 e. The van der Waals surface area contributed by atoms with E-state index in [2.05, 4.69) is 5.32 Å². The number of benzene rings is 3. The number of hydrogen-bond donors (Lipinski definition) is 2. The first kappa shape index (κ1) is 17.5. The molecule has 0 heterocycles. The molecule has 0 atom stereocenters. The van der Waals surface area contributed by atoms with Crippen molar-refractivity contribution in [1.29, 1.82) is 0 Å². The molecule has 0 spiro atoms. The smallest absolute Gasteiger partial charge is 0.265 e. The molecule has 2 N–H and O–H groups in total. The Morgan fingerprint density at radius 3 is 1.80 bits per heavy atom. The maximum absolute atomic E-state index is 13.0. The lowest BCUT2D eigenvalue weighted by atomic mass is 9.85. The minimum Gasteiger partial charge on any atom is -0.372 e. The van der Waals surface area contributed by atoms with Crippen LogP contribution in [0.4, 0.5) is 5.69 Å². The third kappa shape index (κ3) is 3.54. The first-order valence-electron chi connectivity index (χ1n) is 7.62. The number of halogens is 2. The lowest BCUT2D eigenvalue weighted by Gasteiger charge is -2.28. The van der Waals surface area contributed by atoms with Gasteiger partial charge in [0, 0.05) is 5.69 Å². The van der Waals surface area contributed by atoms with Gasteiger partial charge in [0.1, 0.15) is 0 Å². The molecule has 3 nitrogen and oxygen atoms in total. The summed E-state index contributed by atoms with van der Waals surface area (Å²) < 4.78 is 0. The van der Waals surface area contributed by atoms with Gasteiger partial charge in [-0.3, -0.25) is 4.79 Å². The molecule has 0 saturated heterocycles. The van der Waals surface area contributed by atoms with E-state index in [1.165, 1.54) is 6.07 Å². The fourth-order valence-electron chi connectivity index (χ4n) is 2.58. The summed E-state index contributed by atoms with van der Waals surface area (Å²) in [6.07, 6.45) is 0. The molecule has 0 aromatic heterocycles. The highest BCUT2D eigenvalue weighted by Crippen LogP contribution is 2.32. The van der Waals surface area contributed by atoms with Crippen LogP contribution in [0, 0.1) is 0 Å². The van der Waals surface area contributed by atoms with Crippen molar-refractivity contribution in [2.24, 2.45) is 0 Å². The number of aliphatic hydroxyl groups is 1. The van der Waals surface area contributed by atoms with Crippen LogP contribution in [0.3, 0.4) is 0 Å². The Morgan fingerprint density at radius 2 is 1.32 bits per heavy atom. The van der Waals surface area contributed by atoms with Gasteiger partial charge in [0.15, 0.2) is 5.60 Å². The largest absolute Gasteiger partial charge is 0.372 e. The third-order valence-electron chi connectivity index (χ3n) is 3.89. The third-order valence-corrected chi connectivity index (χ3v) is 4.63. The van der Waals surface area contributed by atoms with Crippen LogP contribution >= 0.6 is 23.2 Å². The number of carbonyl (C=O) groups excluding carboxylic acids is 1. The van der Waals surface area contributed by atoms with Crippen LogP contribution in [0.25, 0.3) is 0 Å². The monoisotopic (exact) mass is 371 g/mol. The fraction of sp³-hybridized carbons (Fsp3) is 0.0500. The highest BCUT2D eigenvalue weighted by atomic mass is 35.5. The minimum absolute atomic E-state index is 0.322. The average molecular weight is 372 g/mol. The Morgan fingerprint density at radius 1 is 0.800 bits per heavy atom. The predicted octanol–water partition coefficient (Wildman–Crippen LogP) is 4.87. The summed E-state index contributed by atoms with van der Waals surface area (Å²) in [5.41, 5.74) is -0.448. The second-order valence-electron chi connectivity index (χ2n) is 5.53. The van der Waals surface area contributed by atoms with Gasteiger partial charge in [0.25, 0.3) is 5.91 Å². The zero-order valence-electron chi connectivity index (χ0n) is 13.1. The van der Waals surface area contributed by atoms with Crippen molar-refractivity contribution < 1.29 is 9.90 Å². The molecule has 0 aliphatic heterocycles. The molecule has 3 aromatic carbocycles.